The maximum atomic E-state index is 6.15. The summed E-state index contributed by atoms with van der Waals surface area (Å²) in [5.41, 5.74) is 8.95. The van der Waals surface area contributed by atoms with Crippen molar-refractivity contribution in [2.24, 2.45) is 0 Å². The maximum Gasteiger partial charge on any atom is 0.139 e. The molecular weight excluding hydrogens is 278 g/mol. The predicted molar refractivity (Wildman–Crippen MR) is 87.8 cm³/mol. The molecule has 1 aliphatic carbocycles. The number of benzene rings is 1. The number of anilines is 1. The fourth-order valence-electron chi connectivity index (χ4n) is 3.26. The fraction of sp³-hybridized carbons (Fsp3) is 0.294. The number of rotatable bonds is 1. The lowest BCUT2D eigenvalue weighted by Crippen LogP contribution is -2.14. The molecule has 1 atom stereocenters. The molecule has 0 amide bonds. The Balaban J connectivity index is 1.87. The number of hydrogen-bond donors (Lipinski definition) is 1. The Morgan fingerprint density at radius 2 is 2.10 bits per heavy atom. The van der Waals surface area contributed by atoms with Crippen molar-refractivity contribution in [3.05, 3.63) is 52.2 Å². The van der Waals surface area contributed by atoms with Crippen LogP contribution in [0.3, 0.4) is 0 Å². The zero-order chi connectivity index (χ0) is 14.4. The van der Waals surface area contributed by atoms with Crippen LogP contribution in [0.1, 0.15) is 40.6 Å². The molecule has 4 rings (SSSR count). The van der Waals surface area contributed by atoms with E-state index in [4.69, 9.17) is 10.7 Å². The van der Waals surface area contributed by atoms with Crippen LogP contribution in [0, 0.1) is 6.92 Å². The maximum absolute atomic E-state index is 6.15. The van der Waals surface area contributed by atoms with Crippen molar-refractivity contribution in [2.75, 3.05) is 5.73 Å². The average Bonchev–Trinajstić information content (AvgIpc) is 2.87. The van der Waals surface area contributed by atoms with Crippen molar-refractivity contribution in [1.82, 2.24) is 9.97 Å². The molecule has 3 aromatic rings. The van der Waals surface area contributed by atoms with Gasteiger partial charge in [0.1, 0.15) is 16.5 Å². The molecule has 0 bridgehead atoms. The van der Waals surface area contributed by atoms with Gasteiger partial charge in [-0.2, -0.15) is 0 Å². The fourth-order valence-corrected chi connectivity index (χ4v) is 4.15. The van der Waals surface area contributed by atoms with E-state index in [1.807, 2.05) is 0 Å². The molecule has 0 saturated carbocycles. The van der Waals surface area contributed by atoms with E-state index in [2.05, 4.69) is 42.2 Å². The first-order valence-corrected chi connectivity index (χ1v) is 8.15. The van der Waals surface area contributed by atoms with E-state index in [1.165, 1.54) is 22.4 Å². The summed E-state index contributed by atoms with van der Waals surface area (Å²) < 4.78 is 0. The second kappa shape index (κ2) is 4.81. The molecule has 1 unspecified atom stereocenters. The highest BCUT2D eigenvalue weighted by atomic mass is 32.1. The highest BCUT2D eigenvalue weighted by Gasteiger charge is 2.24. The second-order valence-corrected chi connectivity index (χ2v) is 6.92. The Morgan fingerprint density at radius 3 is 3.00 bits per heavy atom. The van der Waals surface area contributed by atoms with Crippen LogP contribution >= 0.6 is 11.3 Å². The Kier molecular flexibility index (Phi) is 2.93. The van der Waals surface area contributed by atoms with E-state index in [0.29, 0.717) is 5.82 Å². The number of aromatic nitrogens is 2. The smallest absolute Gasteiger partial charge is 0.139 e. The van der Waals surface area contributed by atoms with Crippen molar-refractivity contribution in [3.8, 4) is 0 Å². The van der Waals surface area contributed by atoms with Crippen molar-refractivity contribution in [1.29, 1.82) is 0 Å². The van der Waals surface area contributed by atoms with Crippen molar-refractivity contribution in [2.45, 2.75) is 32.1 Å². The summed E-state index contributed by atoms with van der Waals surface area (Å²) >= 11 is 1.69. The zero-order valence-electron chi connectivity index (χ0n) is 12.0. The van der Waals surface area contributed by atoms with E-state index < -0.39 is 0 Å². The zero-order valence-corrected chi connectivity index (χ0v) is 12.8. The van der Waals surface area contributed by atoms with Crippen LogP contribution in [0.15, 0.2) is 30.3 Å². The number of hydrogen-bond acceptors (Lipinski definition) is 4. The van der Waals surface area contributed by atoms with Crippen LogP contribution in [0.25, 0.3) is 10.2 Å². The molecule has 4 heteroatoms. The lowest BCUT2D eigenvalue weighted by atomic mass is 9.82. The minimum atomic E-state index is 0.282. The van der Waals surface area contributed by atoms with Gasteiger partial charge in [-0.05, 0) is 43.4 Å². The molecule has 0 fully saturated rings. The molecule has 21 heavy (non-hydrogen) atoms. The molecule has 2 N–H and O–H groups in total. The Hall–Kier alpha value is -1.94. The monoisotopic (exact) mass is 295 g/mol. The van der Waals surface area contributed by atoms with Gasteiger partial charge in [0.15, 0.2) is 0 Å². The minimum absolute atomic E-state index is 0.282. The molecule has 0 saturated heterocycles. The topological polar surface area (TPSA) is 51.8 Å². The average molecular weight is 295 g/mol. The summed E-state index contributed by atoms with van der Waals surface area (Å²) in [7, 11) is 0. The summed E-state index contributed by atoms with van der Waals surface area (Å²) in [5.74, 6) is 1.78. The van der Waals surface area contributed by atoms with Crippen LogP contribution in [0.2, 0.25) is 0 Å². The Morgan fingerprint density at radius 1 is 1.24 bits per heavy atom. The molecule has 1 aliphatic rings. The standard InChI is InChI=1S/C17H17N3S/c1-10-9-14-15(18)19-16(20-17(14)21-10)13-8-4-6-11-5-2-3-7-12(11)13/h2-3,5,7,9,13H,4,6,8H2,1H3,(H2,18,19,20). The Labute approximate surface area is 127 Å². The quantitative estimate of drug-likeness (QED) is 0.737. The molecule has 0 aliphatic heterocycles. The van der Waals surface area contributed by atoms with Crippen LogP contribution in [-0.2, 0) is 6.42 Å². The SMILES string of the molecule is Cc1cc2c(N)nc(C3CCCc4ccccc43)nc2s1. The van der Waals surface area contributed by atoms with E-state index >= 15 is 0 Å². The van der Waals surface area contributed by atoms with Crippen LogP contribution in [0.5, 0.6) is 0 Å². The van der Waals surface area contributed by atoms with Gasteiger partial charge < -0.3 is 5.73 Å². The van der Waals surface area contributed by atoms with Gasteiger partial charge in [-0.1, -0.05) is 24.3 Å². The second-order valence-electron chi connectivity index (χ2n) is 5.69. The molecule has 2 heterocycles. The first-order valence-electron chi connectivity index (χ1n) is 7.34. The van der Waals surface area contributed by atoms with Crippen molar-refractivity contribution >= 4 is 27.4 Å². The van der Waals surface area contributed by atoms with Gasteiger partial charge in [0.05, 0.1) is 5.39 Å². The number of fused-ring (bicyclic) bond motifs is 2. The van der Waals surface area contributed by atoms with Crippen molar-refractivity contribution in [3.63, 3.8) is 0 Å². The molecule has 106 valence electrons. The van der Waals surface area contributed by atoms with E-state index in [0.717, 1.165) is 28.9 Å². The lowest BCUT2D eigenvalue weighted by Gasteiger charge is -2.24. The minimum Gasteiger partial charge on any atom is -0.383 e. The van der Waals surface area contributed by atoms with Crippen LogP contribution < -0.4 is 5.73 Å². The third-order valence-corrected chi connectivity index (χ3v) is 5.19. The number of nitrogens with zero attached hydrogens (tertiary/aromatic N) is 2. The number of thiophene rings is 1. The highest BCUT2D eigenvalue weighted by molar-refractivity contribution is 7.18. The first kappa shape index (κ1) is 12.8. The third-order valence-electron chi connectivity index (χ3n) is 4.24. The normalized spacial score (nSPS) is 17.9. The van der Waals surface area contributed by atoms with Gasteiger partial charge in [0.2, 0.25) is 0 Å². The highest BCUT2D eigenvalue weighted by Crippen LogP contribution is 2.37. The molecule has 2 aromatic heterocycles. The number of nitrogen functional groups attached to an aromatic ring is 1. The molecule has 0 radical (unpaired) electrons. The summed E-state index contributed by atoms with van der Waals surface area (Å²) in [6.45, 7) is 2.08. The van der Waals surface area contributed by atoms with Gasteiger partial charge in [-0.25, -0.2) is 9.97 Å². The number of nitrogens with two attached hydrogens (primary N) is 1. The van der Waals surface area contributed by atoms with Gasteiger partial charge in [-0.15, -0.1) is 11.3 Å². The van der Waals surface area contributed by atoms with Crippen molar-refractivity contribution < 1.29 is 0 Å². The van der Waals surface area contributed by atoms with Gasteiger partial charge in [0.25, 0.3) is 0 Å². The van der Waals surface area contributed by atoms with E-state index in [1.54, 1.807) is 11.3 Å². The largest absolute Gasteiger partial charge is 0.383 e. The molecule has 0 spiro atoms. The molecular formula is C17H17N3S. The molecule has 1 aromatic carbocycles. The van der Waals surface area contributed by atoms with E-state index in [-0.39, 0.29) is 5.92 Å². The van der Waals surface area contributed by atoms with Crippen LogP contribution in [-0.4, -0.2) is 9.97 Å². The summed E-state index contributed by atoms with van der Waals surface area (Å²) in [6, 6.07) is 10.7. The van der Waals surface area contributed by atoms with Gasteiger partial charge >= 0.3 is 0 Å². The van der Waals surface area contributed by atoms with Gasteiger partial charge in [-0.3, -0.25) is 0 Å². The third kappa shape index (κ3) is 2.10. The first-order chi connectivity index (χ1) is 10.2. The summed E-state index contributed by atoms with van der Waals surface area (Å²) in [5, 5.41) is 0.991. The van der Waals surface area contributed by atoms with Gasteiger partial charge in [0, 0.05) is 10.8 Å². The van der Waals surface area contributed by atoms with Crippen LogP contribution in [0.4, 0.5) is 5.82 Å². The summed E-state index contributed by atoms with van der Waals surface area (Å²) in [6.07, 6.45) is 3.45. The predicted octanol–water partition coefficient (Wildman–Crippen LogP) is 4.05. The summed E-state index contributed by atoms with van der Waals surface area (Å²) in [4.78, 5) is 11.7. The molecule has 3 nitrogen and oxygen atoms in total. The Bertz CT molecular complexity index is 822. The van der Waals surface area contributed by atoms with E-state index in [9.17, 15) is 0 Å². The lowest BCUT2D eigenvalue weighted by molar-refractivity contribution is 0.593. The number of aryl methyl sites for hydroxylation is 2.